The number of nitrogens with zero attached hydrogens (tertiary/aromatic N) is 2. The zero-order valence-corrected chi connectivity index (χ0v) is 18.2. The predicted octanol–water partition coefficient (Wildman–Crippen LogP) is 6.08. The molecule has 156 valence electrons. The van der Waals surface area contributed by atoms with E-state index in [-0.39, 0.29) is 12.1 Å². The Balaban J connectivity index is 1.54. The highest BCUT2D eigenvalue weighted by atomic mass is 16.5. The number of hydrogen-bond acceptors (Lipinski definition) is 4. The Morgan fingerprint density at radius 3 is 2.60 bits per heavy atom. The highest BCUT2D eigenvalue weighted by molar-refractivity contribution is 5.94. The van der Waals surface area contributed by atoms with Crippen LogP contribution < -0.4 is 15.0 Å². The van der Waals surface area contributed by atoms with Crippen molar-refractivity contribution in [3.8, 4) is 11.5 Å². The molecule has 3 aliphatic rings. The van der Waals surface area contributed by atoms with Gasteiger partial charge in [0.25, 0.3) is 0 Å². The fourth-order valence-electron chi connectivity index (χ4n) is 4.90. The molecule has 2 atom stereocenters. The van der Waals surface area contributed by atoms with Gasteiger partial charge in [-0.3, -0.25) is 4.99 Å². The molecule has 0 spiro atoms. The molecule has 0 fully saturated rings. The van der Waals surface area contributed by atoms with Crippen LogP contribution in [0.3, 0.4) is 0 Å². The third-order valence-corrected chi connectivity index (χ3v) is 6.44. The molecule has 0 radical (unpaired) electrons. The molecule has 2 unspecified atom stereocenters. The molecule has 4 nitrogen and oxygen atoms in total. The van der Waals surface area contributed by atoms with Crippen LogP contribution in [0.15, 0.2) is 47.5 Å². The number of aliphatic imine (C=N–C) groups is 1. The van der Waals surface area contributed by atoms with E-state index >= 15 is 0 Å². The van der Waals surface area contributed by atoms with Gasteiger partial charge < -0.3 is 15.0 Å². The molecule has 0 saturated carbocycles. The van der Waals surface area contributed by atoms with Gasteiger partial charge in [-0.1, -0.05) is 44.9 Å². The number of hydrogen-bond donors (Lipinski definition) is 1. The molecule has 4 heteroatoms. The molecular formula is C26H31N3O. The minimum Gasteiger partial charge on any atom is -0.456 e. The zero-order chi connectivity index (χ0) is 20.7. The summed E-state index contributed by atoms with van der Waals surface area (Å²) in [4.78, 5) is 7.35. The summed E-state index contributed by atoms with van der Waals surface area (Å²) in [7, 11) is 0. The van der Waals surface area contributed by atoms with Crippen LogP contribution in [0.4, 0.5) is 5.69 Å². The van der Waals surface area contributed by atoms with Crippen molar-refractivity contribution >= 4 is 17.1 Å². The number of anilines is 1. The molecule has 0 aromatic heterocycles. The van der Waals surface area contributed by atoms with Crippen LogP contribution in [0.25, 0.3) is 5.57 Å². The first-order valence-corrected chi connectivity index (χ1v) is 11.4. The van der Waals surface area contributed by atoms with E-state index in [1.54, 1.807) is 0 Å². The van der Waals surface area contributed by atoms with Crippen LogP contribution in [-0.2, 0) is 0 Å². The second-order valence-electron chi connectivity index (χ2n) is 8.61. The van der Waals surface area contributed by atoms with E-state index in [0.717, 1.165) is 30.4 Å². The van der Waals surface area contributed by atoms with Crippen LogP contribution in [0.1, 0.15) is 69.2 Å². The van der Waals surface area contributed by atoms with Crippen molar-refractivity contribution in [3.05, 3.63) is 59.2 Å². The molecule has 1 N–H and O–H groups in total. The molecule has 30 heavy (non-hydrogen) atoms. The first kappa shape index (κ1) is 19.2. The SMILES string of the molecule is CCCCN(CCCC)c1ccc2c(c1)Oc1cccc3c1C2=CC1NC(C)=NC31. The summed E-state index contributed by atoms with van der Waals surface area (Å²) in [6.07, 6.45) is 7.21. The lowest BCUT2D eigenvalue weighted by molar-refractivity contribution is 0.469. The average Bonchev–Trinajstić information content (AvgIpc) is 3.14. The Bertz CT molecular complexity index is 1010. The average molecular weight is 402 g/mol. The van der Waals surface area contributed by atoms with Gasteiger partial charge in [-0.25, -0.2) is 0 Å². The van der Waals surface area contributed by atoms with Crippen molar-refractivity contribution in [2.75, 3.05) is 18.0 Å². The van der Waals surface area contributed by atoms with Crippen molar-refractivity contribution in [1.29, 1.82) is 0 Å². The highest BCUT2D eigenvalue weighted by Gasteiger charge is 2.37. The maximum atomic E-state index is 6.46. The standard InChI is InChI=1S/C26H31N3O/c1-4-6-13-29(14-7-5-2)18-11-12-19-21-16-22-26(28-17(3)27-22)20-9-8-10-23(25(20)21)30-24(19)15-18/h8-12,15-16,22,26H,4-7,13-14H2,1-3H3,(H,27,28). The van der Waals surface area contributed by atoms with Crippen molar-refractivity contribution in [3.63, 3.8) is 0 Å². The smallest absolute Gasteiger partial charge is 0.137 e. The summed E-state index contributed by atoms with van der Waals surface area (Å²) in [5.41, 5.74) is 6.22. The van der Waals surface area contributed by atoms with Gasteiger partial charge in [-0.2, -0.15) is 0 Å². The number of nitrogens with one attached hydrogen (secondary N) is 1. The molecule has 2 aromatic rings. The Morgan fingerprint density at radius 1 is 1.03 bits per heavy atom. The van der Waals surface area contributed by atoms with E-state index in [9.17, 15) is 0 Å². The zero-order valence-electron chi connectivity index (χ0n) is 18.2. The monoisotopic (exact) mass is 401 g/mol. The number of fused-ring (bicyclic) bond motifs is 4. The highest BCUT2D eigenvalue weighted by Crippen LogP contribution is 2.51. The largest absolute Gasteiger partial charge is 0.456 e. The number of amidine groups is 1. The fraction of sp³-hybridized carbons (Fsp3) is 0.423. The molecule has 5 rings (SSSR count). The molecule has 0 saturated heterocycles. The van der Waals surface area contributed by atoms with Gasteiger partial charge in [0.15, 0.2) is 0 Å². The summed E-state index contributed by atoms with van der Waals surface area (Å²) in [6.45, 7) is 8.76. The van der Waals surface area contributed by atoms with Crippen molar-refractivity contribution in [2.24, 2.45) is 4.99 Å². The minimum atomic E-state index is 0.145. The second kappa shape index (κ2) is 7.82. The Hall–Kier alpha value is -2.75. The second-order valence-corrected chi connectivity index (χ2v) is 8.61. The molecule has 2 aliphatic heterocycles. The lowest BCUT2D eigenvalue weighted by Crippen LogP contribution is -2.31. The van der Waals surface area contributed by atoms with E-state index in [1.165, 1.54) is 53.6 Å². The molecule has 2 heterocycles. The topological polar surface area (TPSA) is 36.9 Å². The number of benzene rings is 2. The van der Waals surface area contributed by atoms with E-state index in [4.69, 9.17) is 9.73 Å². The van der Waals surface area contributed by atoms with Crippen molar-refractivity contribution < 1.29 is 4.74 Å². The van der Waals surface area contributed by atoms with Crippen LogP contribution in [0.5, 0.6) is 11.5 Å². The molecule has 1 aliphatic carbocycles. The van der Waals surface area contributed by atoms with E-state index in [1.807, 2.05) is 6.92 Å². The van der Waals surface area contributed by atoms with Gasteiger partial charge in [-0.05, 0) is 49.1 Å². The molecular weight excluding hydrogens is 370 g/mol. The van der Waals surface area contributed by atoms with E-state index < -0.39 is 0 Å². The maximum absolute atomic E-state index is 6.46. The predicted molar refractivity (Wildman–Crippen MR) is 125 cm³/mol. The lowest BCUT2D eigenvalue weighted by Gasteiger charge is -2.33. The molecule has 0 bridgehead atoms. The summed E-state index contributed by atoms with van der Waals surface area (Å²) < 4.78 is 6.46. The number of rotatable bonds is 7. The lowest BCUT2D eigenvalue weighted by atomic mass is 9.80. The number of ether oxygens (including phenoxy) is 1. The first-order chi connectivity index (χ1) is 14.7. The van der Waals surface area contributed by atoms with E-state index in [0.29, 0.717) is 0 Å². The fourth-order valence-corrected chi connectivity index (χ4v) is 4.90. The summed E-state index contributed by atoms with van der Waals surface area (Å²) in [5, 5.41) is 3.54. The third kappa shape index (κ3) is 3.19. The number of unbranched alkanes of at least 4 members (excludes halogenated alkanes) is 2. The Kier molecular flexibility index (Phi) is 5.01. The van der Waals surface area contributed by atoms with Crippen molar-refractivity contribution in [2.45, 2.75) is 58.5 Å². The van der Waals surface area contributed by atoms with Gasteiger partial charge in [0.2, 0.25) is 0 Å². The Morgan fingerprint density at radius 2 is 1.83 bits per heavy atom. The maximum Gasteiger partial charge on any atom is 0.137 e. The summed E-state index contributed by atoms with van der Waals surface area (Å²) in [6, 6.07) is 13.5. The van der Waals surface area contributed by atoms with Gasteiger partial charge in [0, 0.05) is 36.0 Å². The van der Waals surface area contributed by atoms with Crippen LogP contribution in [-0.4, -0.2) is 25.0 Å². The normalized spacial score (nSPS) is 20.2. The third-order valence-electron chi connectivity index (χ3n) is 6.44. The summed E-state index contributed by atoms with van der Waals surface area (Å²) >= 11 is 0. The first-order valence-electron chi connectivity index (χ1n) is 11.4. The van der Waals surface area contributed by atoms with Gasteiger partial charge >= 0.3 is 0 Å². The van der Waals surface area contributed by atoms with Crippen LogP contribution in [0.2, 0.25) is 0 Å². The van der Waals surface area contributed by atoms with Gasteiger partial charge in [0.1, 0.15) is 17.5 Å². The van der Waals surface area contributed by atoms with Gasteiger partial charge in [0.05, 0.1) is 11.9 Å². The van der Waals surface area contributed by atoms with Gasteiger partial charge in [-0.15, -0.1) is 0 Å². The molecule has 0 amide bonds. The van der Waals surface area contributed by atoms with E-state index in [2.05, 4.69) is 66.5 Å². The van der Waals surface area contributed by atoms with Crippen LogP contribution in [0, 0.1) is 0 Å². The quantitative estimate of drug-likeness (QED) is 0.521. The van der Waals surface area contributed by atoms with Crippen LogP contribution >= 0.6 is 0 Å². The molecule has 2 aromatic carbocycles. The minimum absolute atomic E-state index is 0.145. The Labute approximate surface area is 179 Å². The van der Waals surface area contributed by atoms with Crippen molar-refractivity contribution in [1.82, 2.24) is 5.32 Å². The summed E-state index contributed by atoms with van der Waals surface area (Å²) in [5.74, 6) is 2.93.